The number of aliphatic hydroxyl groups excluding tert-OH is 1. The molecule has 1 aromatic carbocycles. The van der Waals surface area contributed by atoms with Crippen LogP contribution in [0.15, 0.2) is 18.2 Å². The van der Waals surface area contributed by atoms with Gasteiger partial charge in [0, 0.05) is 12.5 Å². The molecule has 2 atom stereocenters. The van der Waals surface area contributed by atoms with E-state index in [-0.39, 0.29) is 11.5 Å². The van der Waals surface area contributed by atoms with Crippen molar-refractivity contribution < 1.29 is 27.4 Å². The minimum absolute atomic E-state index is 0.154. The van der Waals surface area contributed by atoms with Crippen LogP contribution >= 0.6 is 0 Å². The van der Waals surface area contributed by atoms with Crippen LogP contribution in [0, 0.1) is 11.7 Å². The molecule has 1 aliphatic rings. The molecule has 0 spiro atoms. The van der Waals surface area contributed by atoms with E-state index in [4.69, 9.17) is 4.74 Å². The highest BCUT2D eigenvalue weighted by Gasteiger charge is 2.34. The molecule has 0 aromatic heterocycles. The van der Waals surface area contributed by atoms with Crippen molar-refractivity contribution >= 4 is 0 Å². The van der Waals surface area contributed by atoms with Gasteiger partial charge in [-0.3, -0.25) is 0 Å². The minimum Gasteiger partial charge on any atom is -0.388 e. The predicted molar refractivity (Wildman–Crippen MR) is 59.9 cm³/mol. The zero-order valence-electron chi connectivity index (χ0n) is 10.1. The van der Waals surface area contributed by atoms with Gasteiger partial charge in [-0.2, -0.15) is 13.2 Å². The van der Waals surface area contributed by atoms with E-state index < -0.39 is 23.7 Å². The van der Waals surface area contributed by atoms with Gasteiger partial charge in [-0.1, -0.05) is 6.07 Å². The maximum atomic E-state index is 13.4. The molecule has 1 N–H and O–H groups in total. The number of rotatable bonds is 2. The average Bonchev–Trinajstić information content (AvgIpc) is 2.37. The summed E-state index contributed by atoms with van der Waals surface area (Å²) in [6.45, 7) is 0.953. The van der Waals surface area contributed by atoms with Crippen molar-refractivity contribution in [2.75, 3.05) is 13.2 Å². The first-order valence-electron chi connectivity index (χ1n) is 6.02. The first-order chi connectivity index (χ1) is 8.89. The lowest BCUT2D eigenvalue weighted by Gasteiger charge is -2.27. The molecule has 1 aliphatic heterocycles. The van der Waals surface area contributed by atoms with E-state index in [1.54, 1.807) is 0 Å². The molecule has 1 heterocycles. The molecule has 0 bridgehead atoms. The van der Waals surface area contributed by atoms with Crippen LogP contribution in [0.3, 0.4) is 0 Å². The minimum atomic E-state index is -4.72. The van der Waals surface area contributed by atoms with Crippen LogP contribution in [0.2, 0.25) is 0 Å². The average molecular weight is 278 g/mol. The zero-order chi connectivity index (χ0) is 14.0. The van der Waals surface area contributed by atoms with Crippen molar-refractivity contribution in [2.24, 2.45) is 5.92 Å². The highest BCUT2D eigenvalue weighted by atomic mass is 19.4. The van der Waals surface area contributed by atoms with E-state index in [0.29, 0.717) is 25.7 Å². The van der Waals surface area contributed by atoms with Gasteiger partial charge in [0.05, 0.1) is 18.3 Å². The van der Waals surface area contributed by atoms with Crippen LogP contribution < -0.4 is 0 Å². The number of aliphatic hydroxyl groups is 1. The Kier molecular flexibility index (Phi) is 4.10. The SMILES string of the molecule is OC(c1ccc(C(F)(F)F)c(F)c1)C1CCCOC1. The number of hydrogen-bond donors (Lipinski definition) is 1. The Morgan fingerprint density at radius 3 is 2.58 bits per heavy atom. The Balaban J connectivity index is 2.19. The molecule has 2 nitrogen and oxygen atoms in total. The normalized spacial score (nSPS) is 22.3. The Bertz CT molecular complexity index is 439. The van der Waals surface area contributed by atoms with Gasteiger partial charge in [0.1, 0.15) is 5.82 Å². The van der Waals surface area contributed by atoms with Crippen LogP contribution in [0.1, 0.15) is 30.1 Å². The molecule has 6 heteroatoms. The standard InChI is InChI=1S/C13H14F4O2/c14-11-6-8(3-4-10(11)13(15,16)17)12(18)9-2-1-5-19-7-9/h3-4,6,9,12,18H,1-2,5,7H2. The molecular formula is C13H14F4O2. The van der Waals surface area contributed by atoms with Crippen LogP contribution in [0.4, 0.5) is 17.6 Å². The van der Waals surface area contributed by atoms with Crippen molar-refractivity contribution in [2.45, 2.75) is 25.1 Å². The first kappa shape index (κ1) is 14.3. The fourth-order valence-corrected chi connectivity index (χ4v) is 2.23. The van der Waals surface area contributed by atoms with Crippen molar-refractivity contribution in [1.82, 2.24) is 0 Å². The summed E-state index contributed by atoms with van der Waals surface area (Å²) in [4.78, 5) is 0. The van der Waals surface area contributed by atoms with Crippen molar-refractivity contribution in [3.05, 3.63) is 35.1 Å². The summed E-state index contributed by atoms with van der Waals surface area (Å²) in [6.07, 6.45) is -4.23. The van der Waals surface area contributed by atoms with Gasteiger partial charge in [-0.25, -0.2) is 4.39 Å². The summed E-state index contributed by atoms with van der Waals surface area (Å²) in [5, 5.41) is 10.0. The second-order valence-corrected chi connectivity index (χ2v) is 4.66. The molecule has 1 aromatic rings. The molecule has 0 saturated carbocycles. The molecule has 1 saturated heterocycles. The smallest absolute Gasteiger partial charge is 0.388 e. The molecule has 0 amide bonds. The first-order valence-corrected chi connectivity index (χ1v) is 6.02. The Morgan fingerprint density at radius 2 is 2.05 bits per heavy atom. The maximum absolute atomic E-state index is 13.4. The molecule has 1 fully saturated rings. The molecule has 0 aliphatic carbocycles. The lowest BCUT2D eigenvalue weighted by molar-refractivity contribution is -0.140. The zero-order valence-corrected chi connectivity index (χ0v) is 10.1. The second kappa shape index (κ2) is 5.46. The molecule has 19 heavy (non-hydrogen) atoms. The molecule has 0 radical (unpaired) electrons. The molecular weight excluding hydrogens is 264 g/mol. The van der Waals surface area contributed by atoms with Crippen LogP contribution in [0.5, 0.6) is 0 Å². The van der Waals surface area contributed by atoms with Gasteiger partial charge < -0.3 is 9.84 Å². The summed E-state index contributed by atoms with van der Waals surface area (Å²) >= 11 is 0. The summed E-state index contributed by atoms with van der Waals surface area (Å²) < 4.78 is 55.9. The Labute approximate surface area is 108 Å². The van der Waals surface area contributed by atoms with E-state index in [1.807, 2.05) is 0 Å². The molecule has 2 unspecified atom stereocenters. The lowest BCUT2D eigenvalue weighted by atomic mass is 9.90. The van der Waals surface area contributed by atoms with E-state index in [2.05, 4.69) is 0 Å². The van der Waals surface area contributed by atoms with Gasteiger partial charge in [-0.15, -0.1) is 0 Å². The number of halogens is 4. The van der Waals surface area contributed by atoms with E-state index in [9.17, 15) is 22.7 Å². The van der Waals surface area contributed by atoms with Crippen LogP contribution in [-0.4, -0.2) is 18.3 Å². The third-order valence-electron chi connectivity index (χ3n) is 3.28. The second-order valence-electron chi connectivity index (χ2n) is 4.66. The third kappa shape index (κ3) is 3.25. The molecule has 2 rings (SSSR count). The van der Waals surface area contributed by atoms with Crippen LogP contribution in [-0.2, 0) is 10.9 Å². The largest absolute Gasteiger partial charge is 0.419 e. The van der Waals surface area contributed by atoms with Gasteiger partial charge in [-0.05, 0) is 30.5 Å². The highest BCUT2D eigenvalue weighted by Crippen LogP contribution is 2.34. The maximum Gasteiger partial charge on any atom is 0.419 e. The van der Waals surface area contributed by atoms with Gasteiger partial charge in [0.2, 0.25) is 0 Å². The number of benzene rings is 1. The van der Waals surface area contributed by atoms with Gasteiger partial charge in [0.15, 0.2) is 0 Å². The quantitative estimate of drug-likeness (QED) is 0.841. The summed E-state index contributed by atoms with van der Waals surface area (Å²) in [6, 6.07) is 2.53. The van der Waals surface area contributed by atoms with Crippen molar-refractivity contribution in [3.63, 3.8) is 0 Å². The predicted octanol–water partition coefficient (Wildman–Crippen LogP) is 3.30. The van der Waals surface area contributed by atoms with Crippen molar-refractivity contribution in [1.29, 1.82) is 0 Å². The highest BCUT2D eigenvalue weighted by molar-refractivity contribution is 5.28. The topological polar surface area (TPSA) is 29.5 Å². The number of alkyl halides is 3. The lowest BCUT2D eigenvalue weighted by Crippen LogP contribution is -2.24. The van der Waals surface area contributed by atoms with Gasteiger partial charge in [0.25, 0.3) is 0 Å². The summed E-state index contributed by atoms with van der Waals surface area (Å²) in [7, 11) is 0. The number of ether oxygens (including phenoxy) is 1. The van der Waals surface area contributed by atoms with E-state index in [0.717, 1.165) is 18.6 Å². The summed E-state index contributed by atoms with van der Waals surface area (Å²) in [5.41, 5.74) is -1.16. The monoisotopic (exact) mass is 278 g/mol. The fourth-order valence-electron chi connectivity index (χ4n) is 2.23. The fraction of sp³-hybridized carbons (Fsp3) is 0.538. The summed E-state index contributed by atoms with van der Waals surface area (Å²) in [5.74, 6) is -1.56. The molecule has 106 valence electrons. The number of hydrogen-bond acceptors (Lipinski definition) is 2. The van der Waals surface area contributed by atoms with Gasteiger partial charge >= 0.3 is 6.18 Å². The van der Waals surface area contributed by atoms with Crippen molar-refractivity contribution in [3.8, 4) is 0 Å². The van der Waals surface area contributed by atoms with Crippen LogP contribution in [0.25, 0.3) is 0 Å². The Hall–Kier alpha value is -1.14. The van der Waals surface area contributed by atoms with E-state index >= 15 is 0 Å². The Morgan fingerprint density at radius 1 is 1.32 bits per heavy atom. The third-order valence-corrected chi connectivity index (χ3v) is 3.28. The van der Waals surface area contributed by atoms with E-state index in [1.165, 1.54) is 0 Å².